The first-order chi connectivity index (χ1) is 13.9. The fourth-order valence-corrected chi connectivity index (χ4v) is 4.56. The van der Waals surface area contributed by atoms with E-state index < -0.39 is 15.9 Å². The fourth-order valence-electron chi connectivity index (χ4n) is 3.77. The van der Waals surface area contributed by atoms with Gasteiger partial charge >= 0.3 is 0 Å². The predicted octanol–water partition coefficient (Wildman–Crippen LogP) is 3.64. The van der Waals surface area contributed by atoms with E-state index in [-0.39, 0.29) is 16.9 Å². The van der Waals surface area contributed by atoms with Crippen LogP contribution >= 0.6 is 0 Å². The summed E-state index contributed by atoms with van der Waals surface area (Å²) in [4.78, 5) is 17.4. The van der Waals surface area contributed by atoms with Gasteiger partial charge in [-0.1, -0.05) is 31.4 Å². The number of nitrogens with zero attached hydrogens (tertiary/aromatic N) is 3. The highest BCUT2D eigenvalue weighted by Crippen LogP contribution is 2.34. The van der Waals surface area contributed by atoms with Gasteiger partial charge in [0, 0.05) is 20.1 Å². The van der Waals surface area contributed by atoms with Crippen molar-refractivity contribution in [1.82, 2.24) is 13.9 Å². The van der Waals surface area contributed by atoms with Crippen LogP contribution in [-0.4, -0.2) is 42.3 Å². The molecule has 9 heteroatoms. The van der Waals surface area contributed by atoms with E-state index in [1.807, 2.05) is 24.3 Å². The van der Waals surface area contributed by atoms with Crippen LogP contribution in [0.15, 0.2) is 45.9 Å². The molecule has 1 N–H and O–H groups in total. The summed E-state index contributed by atoms with van der Waals surface area (Å²) < 4.78 is 32.8. The molecule has 2 aromatic heterocycles. The highest BCUT2D eigenvalue weighted by atomic mass is 32.2. The van der Waals surface area contributed by atoms with E-state index in [0.29, 0.717) is 5.95 Å². The van der Waals surface area contributed by atoms with Gasteiger partial charge in [0.1, 0.15) is 0 Å². The second-order valence-corrected chi connectivity index (χ2v) is 9.53. The van der Waals surface area contributed by atoms with Crippen molar-refractivity contribution in [2.75, 3.05) is 19.4 Å². The first-order valence-electron chi connectivity index (χ1n) is 9.68. The van der Waals surface area contributed by atoms with E-state index in [1.54, 1.807) is 0 Å². The minimum absolute atomic E-state index is 0.0762. The number of hydrogen-bond acceptors (Lipinski definition) is 5. The zero-order valence-corrected chi connectivity index (χ0v) is 17.3. The Morgan fingerprint density at radius 2 is 1.86 bits per heavy atom. The number of imidazole rings is 1. The molecule has 0 atom stereocenters. The Bertz CT molecular complexity index is 1140. The topological polar surface area (TPSA) is 97.4 Å². The molecule has 1 amide bonds. The molecule has 0 bridgehead atoms. The maximum absolute atomic E-state index is 12.8. The molecule has 29 heavy (non-hydrogen) atoms. The summed E-state index contributed by atoms with van der Waals surface area (Å²) in [6.07, 6.45) is 5.59. The van der Waals surface area contributed by atoms with Gasteiger partial charge in [0.05, 0.1) is 11.0 Å². The largest absolute Gasteiger partial charge is 0.438 e. The Balaban J connectivity index is 1.66. The molecule has 0 spiro atoms. The maximum Gasteiger partial charge on any atom is 0.293 e. The minimum atomic E-state index is -3.74. The van der Waals surface area contributed by atoms with Gasteiger partial charge in [0.15, 0.2) is 5.76 Å². The summed E-state index contributed by atoms with van der Waals surface area (Å²) in [5.41, 5.74) is 1.79. The number of aromatic nitrogens is 2. The van der Waals surface area contributed by atoms with Crippen molar-refractivity contribution in [3.8, 4) is 0 Å². The molecule has 0 saturated heterocycles. The molecule has 0 radical (unpaired) electrons. The first kappa shape index (κ1) is 19.7. The Hall–Kier alpha value is -2.65. The third-order valence-corrected chi connectivity index (χ3v) is 6.99. The van der Waals surface area contributed by atoms with E-state index in [1.165, 1.54) is 32.6 Å². The number of fused-ring (bicyclic) bond motifs is 1. The lowest BCUT2D eigenvalue weighted by molar-refractivity contribution is 0.0990. The lowest BCUT2D eigenvalue weighted by atomic mass is 9.95. The lowest BCUT2D eigenvalue weighted by Crippen LogP contribution is -2.22. The molecule has 1 saturated carbocycles. The number of hydrogen-bond donors (Lipinski definition) is 1. The van der Waals surface area contributed by atoms with E-state index in [0.717, 1.165) is 41.0 Å². The van der Waals surface area contributed by atoms with Crippen LogP contribution in [0.25, 0.3) is 11.0 Å². The number of sulfonamides is 1. The van der Waals surface area contributed by atoms with E-state index >= 15 is 0 Å². The standard InChI is InChI=1S/C20H24N4O4S/c1-23(2)29(26,27)18-13-12-17(28-18)19(25)22-20-21-15-10-6-7-11-16(15)24(20)14-8-4-3-5-9-14/h6-7,10-14H,3-5,8-9H2,1-2H3,(H,21,22,25). The van der Waals surface area contributed by atoms with E-state index in [2.05, 4.69) is 14.9 Å². The predicted molar refractivity (Wildman–Crippen MR) is 109 cm³/mol. The molecular weight excluding hydrogens is 392 g/mol. The quantitative estimate of drug-likeness (QED) is 0.685. The van der Waals surface area contributed by atoms with Crippen molar-refractivity contribution in [2.24, 2.45) is 0 Å². The molecule has 0 aliphatic heterocycles. The highest BCUT2D eigenvalue weighted by molar-refractivity contribution is 7.88. The number of carbonyl (C=O) groups excluding carboxylic acids is 1. The minimum Gasteiger partial charge on any atom is -0.438 e. The molecule has 1 aliphatic carbocycles. The van der Waals surface area contributed by atoms with Crippen LogP contribution in [0, 0.1) is 0 Å². The van der Waals surface area contributed by atoms with E-state index in [9.17, 15) is 13.2 Å². The lowest BCUT2D eigenvalue weighted by Gasteiger charge is -2.25. The molecule has 1 aliphatic rings. The van der Waals surface area contributed by atoms with Crippen molar-refractivity contribution in [1.29, 1.82) is 0 Å². The normalized spacial score (nSPS) is 15.8. The second-order valence-electron chi connectivity index (χ2n) is 7.45. The number of carbonyl (C=O) groups is 1. The summed E-state index contributed by atoms with van der Waals surface area (Å²) in [5.74, 6) is -0.151. The molecule has 4 rings (SSSR count). The zero-order valence-electron chi connectivity index (χ0n) is 16.5. The number of amides is 1. The monoisotopic (exact) mass is 416 g/mol. The SMILES string of the molecule is CN(C)S(=O)(=O)c1ccc(C(=O)Nc2nc3ccccc3n2C2CCCCC2)o1. The Kier molecular flexibility index (Phi) is 5.18. The summed E-state index contributed by atoms with van der Waals surface area (Å²) in [6.45, 7) is 0. The summed E-state index contributed by atoms with van der Waals surface area (Å²) >= 11 is 0. The van der Waals surface area contributed by atoms with Gasteiger partial charge in [-0.05, 0) is 37.1 Å². The van der Waals surface area contributed by atoms with Gasteiger partial charge in [0.2, 0.25) is 11.0 Å². The van der Waals surface area contributed by atoms with Crippen LogP contribution in [0.3, 0.4) is 0 Å². The fraction of sp³-hybridized carbons (Fsp3) is 0.400. The number of nitrogens with one attached hydrogen (secondary N) is 1. The van der Waals surface area contributed by atoms with Crippen molar-refractivity contribution < 1.29 is 17.6 Å². The van der Waals surface area contributed by atoms with Gasteiger partial charge < -0.3 is 8.98 Å². The number of para-hydroxylation sites is 2. The van der Waals surface area contributed by atoms with Crippen molar-refractivity contribution >= 4 is 32.9 Å². The first-order valence-corrected chi connectivity index (χ1v) is 11.1. The van der Waals surface area contributed by atoms with Gasteiger partial charge in [-0.3, -0.25) is 10.1 Å². The summed E-state index contributed by atoms with van der Waals surface area (Å²) in [5, 5.41) is 2.55. The van der Waals surface area contributed by atoms with Gasteiger partial charge in [-0.15, -0.1) is 0 Å². The van der Waals surface area contributed by atoms with Crippen LogP contribution in [-0.2, 0) is 10.0 Å². The average molecular weight is 417 g/mol. The zero-order chi connectivity index (χ0) is 20.6. The maximum atomic E-state index is 12.8. The number of anilines is 1. The summed E-state index contributed by atoms with van der Waals surface area (Å²) in [6, 6.07) is 10.7. The molecule has 1 aromatic carbocycles. The molecular formula is C20H24N4O4S. The van der Waals surface area contributed by atoms with Crippen LogP contribution in [0.2, 0.25) is 0 Å². The molecule has 1 fully saturated rings. The Morgan fingerprint density at radius 3 is 2.59 bits per heavy atom. The molecule has 8 nitrogen and oxygen atoms in total. The number of furan rings is 1. The smallest absolute Gasteiger partial charge is 0.293 e. The average Bonchev–Trinajstić information content (AvgIpc) is 3.34. The van der Waals surface area contributed by atoms with Gasteiger partial charge in [-0.25, -0.2) is 17.7 Å². The van der Waals surface area contributed by atoms with Crippen molar-refractivity contribution in [2.45, 2.75) is 43.2 Å². The Morgan fingerprint density at radius 1 is 1.14 bits per heavy atom. The highest BCUT2D eigenvalue weighted by Gasteiger charge is 2.26. The van der Waals surface area contributed by atoms with E-state index in [4.69, 9.17) is 4.42 Å². The van der Waals surface area contributed by atoms with Gasteiger partial charge in [-0.2, -0.15) is 0 Å². The van der Waals surface area contributed by atoms with Crippen LogP contribution in [0.5, 0.6) is 0 Å². The second kappa shape index (κ2) is 7.64. The summed E-state index contributed by atoms with van der Waals surface area (Å²) in [7, 11) is -0.929. The molecule has 0 unspecified atom stereocenters. The van der Waals surface area contributed by atoms with Crippen molar-refractivity contribution in [3.05, 3.63) is 42.2 Å². The van der Waals surface area contributed by atoms with Crippen LogP contribution < -0.4 is 5.32 Å². The molecule has 154 valence electrons. The number of rotatable bonds is 5. The third-order valence-electron chi connectivity index (χ3n) is 5.30. The third kappa shape index (κ3) is 3.67. The molecule has 2 heterocycles. The van der Waals surface area contributed by atoms with Crippen molar-refractivity contribution in [3.63, 3.8) is 0 Å². The Labute approximate surface area is 169 Å². The number of benzene rings is 1. The van der Waals surface area contributed by atoms with Gasteiger partial charge in [0.25, 0.3) is 15.9 Å². The molecule has 3 aromatic rings. The van der Waals surface area contributed by atoms with Crippen LogP contribution in [0.1, 0.15) is 48.7 Å². The van der Waals surface area contributed by atoms with Crippen LogP contribution in [0.4, 0.5) is 5.95 Å².